The van der Waals surface area contributed by atoms with Gasteiger partial charge in [-0.1, -0.05) is 35.5 Å². The number of carbonyl (C=O) groups excluding carboxylic acids is 2. The summed E-state index contributed by atoms with van der Waals surface area (Å²) < 4.78 is 26.4. The highest BCUT2D eigenvalue weighted by Crippen LogP contribution is 2.36. The molecule has 0 spiro atoms. The fourth-order valence-electron chi connectivity index (χ4n) is 2.82. The van der Waals surface area contributed by atoms with Crippen molar-refractivity contribution in [2.45, 2.75) is 12.3 Å². The van der Waals surface area contributed by atoms with E-state index in [1.54, 1.807) is 0 Å². The summed E-state index contributed by atoms with van der Waals surface area (Å²) in [5.41, 5.74) is 1.27. The Balaban J connectivity index is 1.74. The van der Waals surface area contributed by atoms with Gasteiger partial charge in [-0.05, 0) is 35.9 Å². The van der Waals surface area contributed by atoms with E-state index < -0.39 is 23.5 Å². The van der Waals surface area contributed by atoms with Crippen LogP contribution < -0.4 is 10.6 Å². The van der Waals surface area contributed by atoms with E-state index in [0.29, 0.717) is 16.8 Å². The van der Waals surface area contributed by atoms with Gasteiger partial charge < -0.3 is 10.6 Å². The molecule has 2 aromatic carbocycles. The Kier molecular flexibility index (Phi) is 6.52. The first kappa shape index (κ1) is 20.8. The van der Waals surface area contributed by atoms with E-state index in [9.17, 15) is 23.6 Å². The van der Waals surface area contributed by atoms with Crippen molar-refractivity contribution in [1.29, 1.82) is 5.26 Å². The van der Waals surface area contributed by atoms with Crippen LogP contribution in [-0.4, -0.2) is 17.6 Å². The van der Waals surface area contributed by atoms with Gasteiger partial charge in [-0.3, -0.25) is 9.59 Å². The standard InChI is InChI=1S/C20H14ClF2N3O2S/c21-16-7-13(5-6-17(16)23)25-19(28)10-29-20-15(9-24)14(8-18(27)26-20)11-1-3-12(22)4-2-11/h1-7,14H,8,10H2,(H,25,28)(H,26,27)/t14-/m1/s1. The van der Waals surface area contributed by atoms with Crippen molar-refractivity contribution in [1.82, 2.24) is 5.32 Å². The molecule has 0 aromatic heterocycles. The highest BCUT2D eigenvalue weighted by Gasteiger charge is 2.29. The van der Waals surface area contributed by atoms with Crippen LogP contribution in [0.5, 0.6) is 0 Å². The minimum absolute atomic E-state index is 0.0544. The smallest absolute Gasteiger partial charge is 0.234 e. The zero-order valence-corrected chi connectivity index (χ0v) is 16.4. The lowest BCUT2D eigenvalue weighted by Gasteiger charge is -2.25. The molecule has 2 N–H and O–H groups in total. The van der Waals surface area contributed by atoms with Crippen molar-refractivity contribution in [3.05, 3.63) is 75.3 Å². The highest BCUT2D eigenvalue weighted by molar-refractivity contribution is 8.03. The molecule has 148 valence electrons. The zero-order chi connectivity index (χ0) is 21.0. The van der Waals surface area contributed by atoms with Crippen molar-refractivity contribution in [3.63, 3.8) is 0 Å². The molecular formula is C20H14ClF2N3O2S. The Morgan fingerprint density at radius 2 is 2.00 bits per heavy atom. The molecule has 0 saturated carbocycles. The average Bonchev–Trinajstić information content (AvgIpc) is 2.69. The summed E-state index contributed by atoms with van der Waals surface area (Å²) in [5, 5.41) is 15.0. The third-order valence-corrected chi connectivity index (χ3v) is 5.49. The molecule has 1 heterocycles. The van der Waals surface area contributed by atoms with E-state index in [1.807, 2.05) is 0 Å². The van der Waals surface area contributed by atoms with Crippen molar-refractivity contribution in [2.75, 3.05) is 11.1 Å². The first-order chi connectivity index (χ1) is 13.9. The maximum atomic E-state index is 13.2. The van der Waals surface area contributed by atoms with E-state index in [4.69, 9.17) is 11.6 Å². The van der Waals surface area contributed by atoms with Gasteiger partial charge in [0, 0.05) is 18.0 Å². The Morgan fingerprint density at radius 3 is 2.66 bits per heavy atom. The van der Waals surface area contributed by atoms with Crippen LogP contribution in [0, 0.1) is 23.0 Å². The molecule has 2 aromatic rings. The molecule has 0 fully saturated rings. The lowest BCUT2D eigenvalue weighted by atomic mass is 9.87. The third kappa shape index (κ3) is 5.13. The lowest BCUT2D eigenvalue weighted by molar-refractivity contribution is -0.121. The molecule has 0 saturated heterocycles. The molecule has 5 nitrogen and oxygen atoms in total. The Bertz CT molecular complexity index is 1040. The first-order valence-electron chi connectivity index (χ1n) is 8.44. The molecular weight excluding hydrogens is 420 g/mol. The second-order valence-corrected chi connectivity index (χ2v) is 7.57. The number of hydrogen-bond acceptors (Lipinski definition) is 4. The van der Waals surface area contributed by atoms with E-state index in [0.717, 1.165) is 17.8 Å². The van der Waals surface area contributed by atoms with Gasteiger partial charge in [0.05, 0.1) is 27.4 Å². The van der Waals surface area contributed by atoms with Gasteiger partial charge in [-0.25, -0.2) is 8.78 Å². The van der Waals surface area contributed by atoms with Gasteiger partial charge in [-0.15, -0.1) is 0 Å². The van der Waals surface area contributed by atoms with Crippen molar-refractivity contribution < 1.29 is 18.4 Å². The fraction of sp³-hybridized carbons (Fsp3) is 0.150. The summed E-state index contributed by atoms with van der Waals surface area (Å²) >= 11 is 6.69. The van der Waals surface area contributed by atoms with E-state index in [1.165, 1.54) is 36.4 Å². The average molecular weight is 434 g/mol. The molecule has 1 aliphatic rings. The van der Waals surface area contributed by atoms with Gasteiger partial charge in [0.25, 0.3) is 0 Å². The first-order valence-corrected chi connectivity index (χ1v) is 9.81. The molecule has 0 aliphatic carbocycles. The highest BCUT2D eigenvalue weighted by atomic mass is 35.5. The van der Waals surface area contributed by atoms with E-state index in [2.05, 4.69) is 16.7 Å². The number of rotatable bonds is 5. The van der Waals surface area contributed by atoms with Gasteiger partial charge in [0.1, 0.15) is 11.6 Å². The number of thioether (sulfide) groups is 1. The second kappa shape index (κ2) is 9.07. The predicted molar refractivity (Wildman–Crippen MR) is 107 cm³/mol. The molecule has 2 amide bonds. The quantitative estimate of drug-likeness (QED) is 0.735. The maximum absolute atomic E-state index is 13.2. The van der Waals surface area contributed by atoms with Crippen molar-refractivity contribution in [3.8, 4) is 6.07 Å². The third-order valence-electron chi connectivity index (χ3n) is 4.18. The molecule has 1 atom stereocenters. The Hall–Kier alpha value is -2.89. The van der Waals surface area contributed by atoms with E-state index >= 15 is 0 Å². The SMILES string of the molecule is N#CC1=C(SCC(=O)Nc2ccc(F)c(Cl)c2)NC(=O)C[C@@H]1c1ccc(F)cc1. The lowest BCUT2D eigenvalue weighted by Crippen LogP contribution is -2.31. The number of anilines is 1. The minimum atomic E-state index is -0.598. The largest absolute Gasteiger partial charge is 0.325 e. The van der Waals surface area contributed by atoms with Crippen LogP contribution in [0.15, 0.2) is 53.1 Å². The number of halogens is 3. The van der Waals surface area contributed by atoms with Crippen LogP contribution in [0.3, 0.4) is 0 Å². The van der Waals surface area contributed by atoms with Gasteiger partial charge >= 0.3 is 0 Å². The molecule has 1 aliphatic heterocycles. The molecule has 3 rings (SSSR count). The van der Waals surface area contributed by atoms with Gasteiger partial charge in [0.2, 0.25) is 11.8 Å². The number of carbonyl (C=O) groups is 2. The normalized spacial score (nSPS) is 16.2. The van der Waals surface area contributed by atoms with Crippen LogP contribution in [0.2, 0.25) is 5.02 Å². The van der Waals surface area contributed by atoms with Crippen LogP contribution in [-0.2, 0) is 9.59 Å². The summed E-state index contributed by atoms with van der Waals surface area (Å²) in [4.78, 5) is 24.3. The summed E-state index contributed by atoms with van der Waals surface area (Å²) in [6.45, 7) is 0. The fourth-order valence-corrected chi connectivity index (χ4v) is 3.88. The number of nitrogens with zero attached hydrogens (tertiary/aromatic N) is 1. The summed E-state index contributed by atoms with van der Waals surface area (Å²) in [5.74, 6) is -2.34. The number of hydrogen-bond donors (Lipinski definition) is 2. The molecule has 9 heteroatoms. The van der Waals surface area contributed by atoms with Crippen LogP contribution in [0.25, 0.3) is 0 Å². The van der Waals surface area contributed by atoms with Crippen LogP contribution >= 0.6 is 23.4 Å². The predicted octanol–water partition coefficient (Wildman–Crippen LogP) is 4.33. The molecule has 0 bridgehead atoms. The molecule has 0 radical (unpaired) electrons. The van der Waals surface area contributed by atoms with Gasteiger partial charge in [0.15, 0.2) is 0 Å². The summed E-state index contributed by atoms with van der Waals surface area (Å²) in [6, 6.07) is 11.5. The van der Waals surface area contributed by atoms with Crippen LogP contribution in [0.1, 0.15) is 17.9 Å². The monoisotopic (exact) mass is 433 g/mol. The maximum Gasteiger partial charge on any atom is 0.234 e. The topological polar surface area (TPSA) is 82.0 Å². The Morgan fingerprint density at radius 1 is 1.28 bits per heavy atom. The van der Waals surface area contributed by atoms with Crippen LogP contribution in [0.4, 0.5) is 14.5 Å². The molecule has 29 heavy (non-hydrogen) atoms. The molecule has 0 unspecified atom stereocenters. The summed E-state index contributed by atoms with van der Waals surface area (Å²) in [7, 11) is 0. The van der Waals surface area contributed by atoms with Gasteiger partial charge in [-0.2, -0.15) is 5.26 Å². The number of nitriles is 1. The minimum Gasteiger partial charge on any atom is -0.325 e. The van der Waals surface area contributed by atoms with Crippen molar-refractivity contribution >= 4 is 40.9 Å². The summed E-state index contributed by atoms with van der Waals surface area (Å²) in [6.07, 6.45) is 0.0544. The number of nitrogens with one attached hydrogen (secondary N) is 2. The number of allylic oxidation sites excluding steroid dienone is 1. The van der Waals surface area contributed by atoms with E-state index in [-0.39, 0.29) is 28.1 Å². The van der Waals surface area contributed by atoms with Crippen molar-refractivity contribution in [2.24, 2.45) is 0 Å². The zero-order valence-electron chi connectivity index (χ0n) is 14.8. The second-order valence-electron chi connectivity index (χ2n) is 6.18. The number of benzene rings is 2. The number of amides is 2. The Labute approximate surface area is 174 Å².